The zero-order chi connectivity index (χ0) is 22.3. The molecule has 8 nitrogen and oxygen atoms in total. The first-order chi connectivity index (χ1) is 14.7. The Balaban J connectivity index is 2.06. The zero-order valence-electron chi connectivity index (χ0n) is 16.2. The summed E-state index contributed by atoms with van der Waals surface area (Å²) in [6, 6.07) is 10.7. The third-order valence-corrected chi connectivity index (χ3v) is 4.81. The molecule has 0 saturated carbocycles. The van der Waals surface area contributed by atoms with Crippen molar-refractivity contribution in [3.8, 4) is 22.6 Å². The van der Waals surface area contributed by atoms with Crippen LogP contribution in [-0.4, -0.2) is 11.9 Å². The summed E-state index contributed by atoms with van der Waals surface area (Å²) >= 11 is 3.37. The van der Waals surface area contributed by atoms with E-state index in [0.29, 0.717) is 11.0 Å². The van der Waals surface area contributed by atoms with Gasteiger partial charge >= 0.3 is 23.2 Å². The van der Waals surface area contributed by atoms with Crippen LogP contribution in [0, 0.1) is 0 Å². The van der Waals surface area contributed by atoms with E-state index in [4.69, 9.17) is 18.3 Å². The number of fused-ring (bicyclic) bond motifs is 2. The number of ether oxygens (including phenoxy) is 2. The van der Waals surface area contributed by atoms with Gasteiger partial charge in [-0.3, -0.25) is 9.59 Å². The number of carbonyl (C=O) groups excluding carboxylic acids is 2. The molecule has 0 unspecified atom stereocenters. The minimum absolute atomic E-state index is 0.107. The maximum atomic E-state index is 12.7. The first-order valence-electron chi connectivity index (χ1n) is 8.94. The smallest absolute Gasteiger partial charge is 0.344 e. The van der Waals surface area contributed by atoms with Crippen LogP contribution in [0.15, 0.2) is 65.4 Å². The number of rotatable bonds is 3. The highest BCUT2D eigenvalue weighted by atomic mass is 79.9. The lowest BCUT2D eigenvalue weighted by molar-refractivity contribution is -0.134. The van der Waals surface area contributed by atoms with Gasteiger partial charge in [-0.1, -0.05) is 15.9 Å². The van der Waals surface area contributed by atoms with Crippen LogP contribution in [0.1, 0.15) is 13.8 Å². The average Bonchev–Trinajstić information content (AvgIpc) is 2.68. The fraction of sp³-hybridized carbons (Fsp3) is 0.0909. The molecule has 156 valence electrons. The number of esters is 2. The van der Waals surface area contributed by atoms with Gasteiger partial charge in [0.1, 0.15) is 5.58 Å². The van der Waals surface area contributed by atoms with Crippen molar-refractivity contribution >= 4 is 49.8 Å². The van der Waals surface area contributed by atoms with Crippen molar-refractivity contribution in [1.29, 1.82) is 0 Å². The number of hydrogen-bond acceptors (Lipinski definition) is 8. The molecule has 0 radical (unpaired) electrons. The molecule has 2 heterocycles. The lowest BCUT2D eigenvalue weighted by atomic mass is 10.0. The summed E-state index contributed by atoms with van der Waals surface area (Å²) in [5.41, 5.74) is -0.918. The van der Waals surface area contributed by atoms with Gasteiger partial charge in [-0.05, 0) is 36.4 Å². The van der Waals surface area contributed by atoms with E-state index in [9.17, 15) is 19.2 Å². The summed E-state index contributed by atoms with van der Waals surface area (Å²) in [7, 11) is 0. The van der Waals surface area contributed by atoms with Crippen molar-refractivity contribution in [2.24, 2.45) is 0 Å². The van der Waals surface area contributed by atoms with E-state index in [0.717, 1.165) is 17.5 Å². The Kier molecular flexibility index (Phi) is 5.20. The van der Waals surface area contributed by atoms with Crippen molar-refractivity contribution in [2.45, 2.75) is 13.8 Å². The molecule has 0 saturated heterocycles. The van der Waals surface area contributed by atoms with Gasteiger partial charge in [0.05, 0.1) is 5.56 Å². The minimum atomic E-state index is -0.801. The standard InChI is InChI=1S/C22H13BrO8/c1-10(24)28-18-6-4-14-15(9-19(26)31-20(14)21(18)29-11(2)25)16-8-12-7-13(23)3-5-17(12)30-22(16)27/h3-9H,1-2H3. The lowest BCUT2D eigenvalue weighted by Crippen LogP contribution is -2.10. The molecule has 0 aliphatic carbocycles. The second kappa shape index (κ2) is 7.84. The molecule has 2 aromatic carbocycles. The number of benzene rings is 2. The third-order valence-electron chi connectivity index (χ3n) is 4.31. The maximum absolute atomic E-state index is 12.7. The highest BCUT2D eigenvalue weighted by molar-refractivity contribution is 9.10. The molecular formula is C22H13BrO8. The molecule has 4 rings (SSSR count). The van der Waals surface area contributed by atoms with E-state index in [-0.39, 0.29) is 33.6 Å². The predicted octanol–water partition coefficient (Wildman–Crippen LogP) is 4.18. The summed E-state index contributed by atoms with van der Waals surface area (Å²) in [5.74, 6) is -1.73. The highest BCUT2D eigenvalue weighted by Crippen LogP contribution is 2.39. The van der Waals surface area contributed by atoms with Crippen molar-refractivity contribution in [3.05, 3.63) is 67.8 Å². The fourth-order valence-electron chi connectivity index (χ4n) is 3.16. The summed E-state index contributed by atoms with van der Waals surface area (Å²) in [6.07, 6.45) is 0. The lowest BCUT2D eigenvalue weighted by Gasteiger charge is -2.12. The van der Waals surface area contributed by atoms with Crippen LogP contribution in [0.3, 0.4) is 0 Å². The minimum Gasteiger partial charge on any atom is -0.423 e. The molecule has 0 spiro atoms. The van der Waals surface area contributed by atoms with Crippen molar-refractivity contribution < 1.29 is 27.9 Å². The van der Waals surface area contributed by atoms with E-state index in [2.05, 4.69) is 15.9 Å². The Labute approximate surface area is 182 Å². The Hall–Kier alpha value is -3.72. The van der Waals surface area contributed by atoms with E-state index in [1.807, 2.05) is 0 Å². The summed E-state index contributed by atoms with van der Waals surface area (Å²) in [6.45, 7) is 2.32. The third kappa shape index (κ3) is 3.99. The van der Waals surface area contributed by atoms with Crippen LogP contribution in [-0.2, 0) is 9.59 Å². The first-order valence-corrected chi connectivity index (χ1v) is 9.73. The molecule has 0 bridgehead atoms. The Morgan fingerprint density at radius 3 is 2.32 bits per heavy atom. The van der Waals surface area contributed by atoms with Gasteiger partial charge in [-0.2, -0.15) is 0 Å². The Bertz CT molecular complexity index is 1500. The molecule has 31 heavy (non-hydrogen) atoms. The van der Waals surface area contributed by atoms with Gasteiger partial charge < -0.3 is 18.3 Å². The van der Waals surface area contributed by atoms with Crippen LogP contribution in [0.2, 0.25) is 0 Å². The number of carbonyl (C=O) groups is 2. The topological polar surface area (TPSA) is 113 Å². The molecular weight excluding hydrogens is 472 g/mol. The SMILES string of the molecule is CC(=O)Oc1ccc2c(-c3cc4cc(Br)ccc4oc3=O)cc(=O)oc2c1OC(C)=O. The number of halogens is 1. The van der Waals surface area contributed by atoms with Gasteiger partial charge in [0, 0.05) is 40.7 Å². The van der Waals surface area contributed by atoms with Crippen molar-refractivity contribution in [2.75, 3.05) is 0 Å². The zero-order valence-corrected chi connectivity index (χ0v) is 17.8. The predicted molar refractivity (Wildman–Crippen MR) is 114 cm³/mol. The second-order valence-electron chi connectivity index (χ2n) is 6.57. The monoisotopic (exact) mass is 484 g/mol. The maximum Gasteiger partial charge on any atom is 0.344 e. The van der Waals surface area contributed by atoms with Gasteiger partial charge in [-0.25, -0.2) is 9.59 Å². The van der Waals surface area contributed by atoms with E-state index in [1.54, 1.807) is 24.3 Å². The van der Waals surface area contributed by atoms with Crippen LogP contribution >= 0.6 is 15.9 Å². The number of hydrogen-bond donors (Lipinski definition) is 0. The van der Waals surface area contributed by atoms with Crippen molar-refractivity contribution in [1.82, 2.24) is 0 Å². The van der Waals surface area contributed by atoms with Crippen LogP contribution in [0.5, 0.6) is 11.5 Å². The Morgan fingerprint density at radius 2 is 1.61 bits per heavy atom. The average molecular weight is 485 g/mol. The van der Waals surface area contributed by atoms with Gasteiger partial charge in [0.2, 0.25) is 5.75 Å². The van der Waals surface area contributed by atoms with E-state index < -0.39 is 23.2 Å². The normalized spacial score (nSPS) is 10.9. The van der Waals surface area contributed by atoms with Crippen LogP contribution in [0.4, 0.5) is 0 Å². The van der Waals surface area contributed by atoms with E-state index >= 15 is 0 Å². The summed E-state index contributed by atoms with van der Waals surface area (Å²) in [5, 5.41) is 0.913. The largest absolute Gasteiger partial charge is 0.423 e. The summed E-state index contributed by atoms with van der Waals surface area (Å²) < 4.78 is 21.7. The Morgan fingerprint density at radius 1 is 0.871 bits per heavy atom. The molecule has 9 heteroatoms. The quantitative estimate of drug-likeness (QED) is 0.241. The molecule has 0 fully saturated rings. The molecule has 0 atom stereocenters. The molecule has 0 aliphatic heterocycles. The van der Waals surface area contributed by atoms with Gasteiger partial charge in [0.15, 0.2) is 11.3 Å². The van der Waals surface area contributed by atoms with Gasteiger partial charge in [-0.15, -0.1) is 0 Å². The second-order valence-corrected chi connectivity index (χ2v) is 7.48. The fourth-order valence-corrected chi connectivity index (χ4v) is 3.54. The van der Waals surface area contributed by atoms with Crippen LogP contribution in [0.25, 0.3) is 33.1 Å². The highest BCUT2D eigenvalue weighted by Gasteiger charge is 2.21. The molecule has 2 aromatic heterocycles. The van der Waals surface area contributed by atoms with Crippen molar-refractivity contribution in [3.63, 3.8) is 0 Å². The molecule has 4 aromatic rings. The van der Waals surface area contributed by atoms with Crippen LogP contribution < -0.4 is 20.7 Å². The molecule has 0 N–H and O–H groups in total. The van der Waals surface area contributed by atoms with E-state index in [1.165, 1.54) is 19.1 Å². The summed E-state index contributed by atoms with van der Waals surface area (Å²) in [4.78, 5) is 48.0. The van der Waals surface area contributed by atoms with Gasteiger partial charge in [0.25, 0.3) is 0 Å². The molecule has 0 amide bonds. The first kappa shape index (κ1) is 20.5. The molecule has 0 aliphatic rings.